The van der Waals surface area contributed by atoms with E-state index in [0.29, 0.717) is 0 Å². The minimum atomic E-state index is -0.275. The average Bonchev–Trinajstić information content (AvgIpc) is 2.48. The summed E-state index contributed by atoms with van der Waals surface area (Å²) in [4.78, 5) is 26.4. The quantitative estimate of drug-likeness (QED) is 0.821. The van der Waals surface area contributed by atoms with E-state index in [-0.39, 0.29) is 29.2 Å². The van der Waals surface area contributed by atoms with Crippen LogP contribution >= 0.6 is 0 Å². The fourth-order valence-electron chi connectivity index (χ4n) is 3.22. The Morgan fingerprint density at radius 3 is 2.48 bits per heavy atom. The molecule has 5 heteroatoms. The smallest absolute Gasteiger partial charge is 0.227 e. The highest BCUT2D eigenvalue weighted by molar-refractivity contribution is 5.83. The maximum Gasteiger partial charge on any atom is 0.227 e. The summed E-state index contributed by atoms with van der Waals surface area (Å²) in [7, 11) is 0. The summed E-state index contributed by atoms with van der Waals surface area (Å²) in [6.45, 7) is 9.22. The van der Waals surface area contributed by atoms with E-state index >= 15 is 0 Å². The number of carbonyl (C=O) groups excluding carboxylic acids is 2. The monoisotopic (exact) mass is 295 g/mol. The number of hydrogen-bond donors (Lipinski definition) is 2. The van der Waals surface area contributed by atoms with Gasteiger partial charge in [-0.3, -0.25) is 9.59 Å². The molecule has 0 spiro atoms. The summed E-state index contributed by atoms with van der Waals surface area (Å²) < 4.78 is 0. The van der Waals surface area contributed by atoms with Crippen LogP contribution in [-0.4, -0.2) is 48.9 Å². The lowest BCUT2D eigenvalue weighted by atomic mass is 9.81. The molecule has 120 valence electrons. The van der Waals surface area contributed by atoms with Gasteiger partial charge in [-0.2, -0.15) is 0 Å². The van der Waals surface area contributed by atoms with Crippen LogP contribution in [-0.2, 0) is 9.59 Å². The summed E-state index contributed by atoms with van der Waals surface area (Å²) in [5.41, 5.74) is -0.275. The van der Waals surface area contributed by atoms with Crippen LogP contribution < -0.4 is 10.6 Å². The molecular weight excluding hydrogens is 266 g/mol. The maximum atomic E-state index is 12.5. The van der Waals surface area contributed by atoms with Crippen molar-refractivity contribution in [3.05, 3.63) is 0 Å². The van der Waals surface area contributed by atoms with Crippen molar-refractivity contribution in [1.82, 2.24) is 15.5 Å². The molecule has 2 heterocycles. The molecule has 0 aromatic rings. The molecule has 0 aliphatic carbocycles. The van der Waals surface area contributed by atoms with E-state index in [1.807, 2.05) is 25.7 Å². The van der Waals surface area contributed by atoms with Crippen LogP contribution in [0.1, 0.15) is 46.5 Å². The van der Waals surface area contributed by atoms with Gasteiger partial charge in [-0.15, -0.1) is 0 Å². The van der Waals surface area contributed by atoms with Crippen LogP contribution in [0.15, 0.2) is 0 Å². The summed E-state index contributed by atoms with van der Waals surface area (Å²) in [5.74, 6) is 0.454. The summed E-state index contributed by atoms with van der Waals surface area (Å²) in [5, 5.41) is 6.52. The SMILES string of the molecule is CC(C)C(=O)N1CCC(NC(=O)C2(C)CCCNC2)CC1. The number of nitrogens with zero attached hydrogens (tertiary/aromatic N) is 1. The molecule has 2 amide bonds. The van der Waals surface area contributed by atoms with E-state index in [1.165, 1.54) is 0 Å². The van der Waals surface area contributed by atoms with Crippen LogP contribution in [0.25, 0.3) is 0 Å². The molecule has 0 saturated carbocycles. The highest BCUT2D eigenvalue weighted by Gasteiger charge is 2.36. The molecule has 0 aromatic heterocycles. The topological polar surface area (TPSA) is 61.4 Å². The van der Waals surface area contributed by atoms with E-state index in [0.717, 1.165) is 51.9 Å². The second-order valence-electron chi connectivity index (χ2n) is 7.07. The predicted molar refractivity (Wildman–Crippen MR) is 82.8 cm³/mol. The number of rotatable bonds is 3. The first-order chi connectivity index (χ1) is 9.92. The molecular formula is C16H29N3O2. The van der Waals surface area contributed by atoms with Gasteiger partial charge in [0.15, 0.2) is 0 Å². The van der Waals surface area contributed by atoms with E-state index in [2.05, 4.69) is 10.6 Å². The Labute approximate surface area is 127 Å². The van der Waals surface area contributed by atoms with Gasteiger partial charge >= 0.3 is 0 Å². The van der Waals surface area contributed by atoms with Crippen LogP contribution in [0, 0.1) is 11.3 Å². The number of piperidine rings is 2. The minimum Gasteiger partial charge on any atom is -0.353 e. The molecule has 2 aliphatic rings. The molecule has 2 saturated heterocycles. The zero-order valence-electron chi connectivity index (χ0n) is 13.6. The van der Waals surface area contributed by atoms with Crippen molar-refractivity contribution in [3.63, 3.8) is 0 Å². The normalized spacial score (nSPS) is 27.7. The van der Waals surface area contributed by atoms with Gasteiger partial charge in [0.1, 0.15) is 0 Å². The van der Waals surface area contributed by atoms with E-state index in [9.17, 15) is 9.59 Å². The molecule has 1 atom stereocenters. The van der Waals surface area contributed by atoms with Crippen molar-refractivity contribution < 1.29 is 9.59 Å². The fourth-order valence-corrected chi connectivity index (χ4v) is 3.22. The van der Waals surface area contributed by atoms with Crippen molar-refractivity contribution in [1.29, 1.82) is 0 Å². The molecule has 0 aromatic carbocycles. The Hall–Kier alpha value is -1.10. The molecule has 5 nitrogen and oxygen atoms in total. The summed E-state index contributed by atoms with van der Waals surface area (Å²) in [6.07, 6.45) is 3.75. The predicted octanol–water partition coefficient (Wildman–Crippen LogP) is 1.14. The third-order valence-corrected chi connectivity index (χ3v) is 4.78. The van der Waals surface area contributed by atoms with Crippen molar-refractivity contribution in [2.45, 2.75) is 52.5 Å². The first kappa shape index (κ1) is 16.3. The Balaban J connectivity index is 1.80. The highest BCUT2D eigenvalue weighted by Crippen LogP contribution is 2.26. The lowest BCUT2D eigenvalue weighted by Crippen LogP contribution is -2.53. The molecule has 0 bridgehead atoms. The summed E-state index contributed by atoms with van der Waals surface area (Å²) >= 11 is 0. The van der Waals surface area contributed by atoms with Gasteiger partial charge in [0.25, 0.3) is 0 Å². The van der Waals surface area contributed by atoms with Gasteiger partial charge in [-0.05, 0) is 39.2 Å². The Morgan fingerprint density at radius 1 is 1.29 bits per heavy atom. The molecule has 0 radical (unpaired) electrons. The second-order valence-corrected chi connectivity index (χ2v) is 7.07. The minimum absolute atomic E-state index is 0.0587. The lowest BCUT2D eigenvalue weighted by Gasteiger charge is -2.37. The van der Waals surface area contributed by atoms with E-state index in [1.54, 1.807) is 0 Å². The first-order valence-corrected chi connectivity index (χ1v) is 8.23. The third-order valence-electron chi connectivity index (χ3n) is 4.78. The number of likely N-dealkylation sites (tertiary alicyclic amines) is 1. The Kier molecular flexibility index (Phi) is 5.25. The summed E-state index contributed by atoms with van der Waals surface area (Å²) in [6, 6.07) is 0.215. The Morgan fingerprint density at radius 2 is 1.95 bits per heavy atom. The van der Waals surface area contributed by atoms with Crippen LogP contribution in [0.2, 0.25) is 0 Å². The van der Waals surface area contributed by atoms with Crippen LogP contribution in [0.3, 0.4) is 0 Å². The Bertz CT molecular complexity index is 381. The van der Waals surface area contributed by atoms with Gasteiger partial charge in [0, 0.05) is 31.6 Å². The molecule has 2 fully saturated rings. The van der Waals surface area contributed by atoms with Gasteiger partial charge < -0.3 is 15.5 Å². The highest BCUT2D eigenvalue weighted by atomic mass is 16.2. The van der Waals surface area contributed by atoms with Crippen LogP contribution in [0.5, 0.6) is 0 Å². The van der Waals surface area contributed by atoms with Crippen molar-refractivity contribution in [2.24, 2.45) is 11.3 Å². The lowest BCUT2D eigenvalue weighted by molar-refractivity contribution is -0.136. The molecule has 2 rings (SSSR count). The van der Waals surface area contributed by atoms with Gasteiger partial charge in [0.2, 0.25) is 11.8 Å². The number of amides is 2. The first-order valence-electron chi connectivity index (χ1n) is 8.23. The largest absolute Gasteiger partial charge is 0.353 e. The number of nitrogens with one attached hydrogen (secondary N) is 2. The van der Waals surface area contributed by atoms with Gasteiger partial charge in [-0.25, -0.2) is 0 Å². The number of carbonyl (C=O) groups is 2. The van der Waals surface area contributed by atoms with E-state index < -0.39 is 0 Å². The number of hydrogen-bond acceptors (Lipinski definition) is 3. The third kappa shape index (κ3) is 3.96. The molecule has 21 heavy (non-hydrogen) atoms. The maximum absolute atomic E-state index is 12.5. The van der Waals surface area contributed by atoms with Gasteiger partial charge in [0.05, 0.1) is 5.41 Å². The second kappa shape index (κ2) is 6.77. The average molecular weight is 295 g/mol. The standard InChI is InChI=1S/C16H29N3O2/c1-12(2)14(20)19-9-5-13(6-10-19)18-15(21)16(3)7-4-8-17-11-16/h12-13,17H,4-11H2,1-3H3,(H,18,21). The molecule has 1 unspecified atom stereocenters. The van der Waals surface area contributed by atoms with Crippen molar-refractivity contribution in [3.8, 4) is 0 Å². The zero-order chi connectivity index (χ0) is 15.5. The van der Waals surface area contributed by atoms with E-state index in [4.69, 9.17) is 0 Å². The van der Waals surface area contributed by atoms with Gasteiger partial charge in [-0.1, -0.05) is 13.8 Å². The zero-order valence-corrected chi connectivity index (χ0v) is 13.6. The fraction of sp³-hybridized carbons (Fsp3) is 0.875. The molecule has 2 N–H and O–H groups in total. The molecule has 2 aliphatic heterocycles. The van der Waals surface area contributed by atoms with Crippen LogP contribution in [0.4, 0.5) is 0 Å². The van der Waals surface area contributed by atoms with Crippen molar-refractivity contribution in [2.75, 3.05) is 26.2 Å². The van der Waals surface area contributed by atoms with Crippen molar-refractivity contribution >= 4 is 11.8 Å².